The summed E-state index contributed by atoms with van der Waals surface area (Å²) in [5, 5.41) is 0. The zero-order valence-electron chi connectivity index (χ0n) is 110. The number of ketones is 4. The van der Waals surface area contributed by atoms with Crippen LogP contribution in [0.4, 0.5) is 0 Å². The maximum atomic E-state index is 14.1. The largest absolute Gasteiger partial charge is 0.493 e. The fourth-order valence-electron chi connectivity index (χ4n) is 11.0. The van der Waals surface area contributed by atoms with Gasteiger partial charge in [0.15, 0.2) is 46.0 Å². The molecule has 94 heavy (non-hydrogen) atoms. The Morgan fingerprint density at radius 1 is 0.511 bits per heavy atom. The number of piperidine rings is 4. The molecule has 10 unspecified atom stereocenters. The number of nitrogens with zero attached hydrogens (tertiary/aromatic N) is 4. The SMILES string of the molecule is [2H]C([2H])([2H])Oc1cc2c(cc1OC)C1([2H])CC(=O)C(C([2H])([2H])C([2H])(C([2H])([2H])[2H])C([2H])([2H])C)C([2H])([2H])N1C([2H])([2H])C2([2H])[2H].[2H]C([2H])([2H])Oc1cc2c(cc1OC)C1([2H])N(C([2H])([2H])C([2H])(CC(C)C)C(=O)C1([2H])[2H])C([2H])([2H])C2([2H])[2H].[2H]C([2H])([2H])Oc1cc2c(cc1OC)C1([2H])N(C([2H])([2H])C2([2H])[2H])C([2H])([2H])C([2H])(C([2H])([2H])C([2H])(C([2H])([2H])[2H])C([2H])([2H])C)C(=O)C1([2H])[2H].[2H]c1c2c(c([2H])c(OC)c1OC([2H])([2H])[2H])C1CC(=O)C(CC(C)C)CN1CC2. The molecule has 0 amide bonds. The summed E-state index contributed by atoms with van der Waals surface area (Å²) < 4.78 is 512. The lowest BCUT2D eigenvalue weighted by Gasteiger charge is -2.43. The van der Waals surface area contributed by atoms with Crippen LogP contribution >= 0.6 is 0 Å². The van der Waals surface area contributed by atoms with Gasteiger partial charge in [0.25, 0.3) is 0 Å². The summed E-state index contributed by atoms with van der Waals surface area (Å²) in [6.45, 7) is -20.9. The Morgan fingerprint density at radius 3 is 1.45 bits per heavy atom. The fourth-order valence-corrected chi connectivity index (χ4v) is 11.0. The molecule has 12 rings (SSSR count). The van der Waals surface area contributed by atoms with Gasteiger partial charge in [-0.1, -0.05) is 68.0 Å². The summed E-state index contributed by atoms with van der Waals surface area (Å²) in [6.07, 6.45) is -32.9. The van der Waals surface area contributed by atoms with Gasteiger partial charge in [-0.25, -0.2) is 0 Å². The first-order valence-corrected chi connectivity index (χ1v) is 29.3. The topological polar surface area (TPSA) is 155 Å². The Balaban J connectivity index is 0.000000226. The first kappa shape index (κ1) is 28.3. The molecule has 16 heteroatoms. The number of hydrogen-bond donors (Lipinski definition) is 0. The van der Waals surface area contributed by atoms with Crippen LogP contribution < -0.4 is 37.9 Å². The van der Waals surface area contributed by atoms with E-state index in [0.717, 1.165) is 52.0 Å². The summed E-state index contributed by atoms with van der Waals surface area (Å²) in [5.74, 6) is -27.4. The van der Waals surface area contributed by atoms with Crippen LogP contribution in [-0.4, -0.2) is 151 Å². The van der Waals surface area contributed by atoms with Gasteiger partial charge < -0.3 is 37.9 Å². The van der Waals surface area contributed by atoms with Crippen LogP contribution in [0.25, 0.3) is 0 Å². The minimum absolute atomic E-state index is 0.00233. The van der Waals surface area contributed by atoms with Crippen LogP contribution in [0, 0.1) is 47.2 Å². The van der Waals surface area contributed by atoms with Crippen LogP contribution in [0.3, 0.4) is 0 Å². The van der Waals surface area contributed by atoms with Gasteiger partial charge in [-0.15, -0.1) is 0 Å². The average Bonchev–Trinajstić information content (AvgIpc) is 0.615. The predicted octanol–water partition coefficient (Wildman–Crippen LogP) is 13.7. The molecule has 4 aromatic carbocycles. The smallest absolute Gasteiger partial charge is 0.161 e. The Bertz CT molecular complexity index is 5890. The van der Waals surface area contributed by atoms with Gasteiger partial charge in [0.2, 0.25) is 0 Å². The third-order valence-corrected chi connectivity index (χ3v) is 15.5. The van der Waals surface area contributed by atoms with Crippen molar-refractivity contribution < 1.29 is 135 Å². The minimum atomic E-state index is -4.57. The van der Waals surface area contributed by atoms with Crippen molar-refractivity contribution in [2.45, 2.75) is 169 Å². The van der Waals surface area contributed by atoms with Gasteiger partial charge >= 0.3 is 0 Å². The molecular weight excluding hydrogens is 1180 g/mol. The number of rotatable bonds is 18. The maximum absolute atomic E-state index is 14.1. The van der Waals surface area contributed by atoms with E-state index in [1.807, 2.05) is 0 Å². The number of methoxy groups -OCH3 is 8. The summed E-state index contributed by atoms with van der Waals surface area (Å²) in [4.78, 5) is 55.5. The van der Waals surface area contributed by atoms with E-state index < -0.39 is 289 Å². The normalized spacial score (nSPS) is 45.4. The van der Waals surface area contributed by atoms with E-state index in [-0.39, 0.29) is 56.9 Å². The van der Waals surface area contributed by atoms with Crippen LogP contribution in [0.2, 0.25) is 0 Å². The molecule has 0 bridgehead atoms. The quantitative estimate of drug-likeness (QED) is 0.0926. The van der Waals surface area contributed by atoms with Crippen LogP contribution in [0.15, 0.2) is 48.5 Å². The third-order valence-electron chi connectivity index (χ3n) is 15.5. The first-order chi connectivity index (χ1) is 66.9. The molecule has 0 aromatic heterocycles. The van der Waals surface area contributed by atoms with Crippen LogP contribution in [-0.2, 0) is 44.7 Å². The summed E-state index contributed by atoms with van der Waals surface area (Å²) in [7, 11) is -7.59. The summed E-state index contributed by atoms with van der Waals surface area (Å²) >= 11 is 0. The van der Waals surface area contributed by atoms with Gasteiger partial charge in [0, 0.05) is 180 Å². The number of Topliss-reactive ketones (excluding diaryl/α,β-unsaturated/α-hetero) is 4. The van der Waals surface area contributed by atoms with Crippen molar-refractivity contribution in [3.63, 3.8) is 0 Å². The number of ether oxygens (including phenoxy) is 8. The molecule has 8 aliphatic rings. The molecular formula is C78H112N4O12. The van der Waals surface area contributed by atoms with E-state index >= 15 is 0 Å². The minimum Gasteiger partial charge on any atom is -0.493 e. The number of carbonyl (C=O) groups is 4. The van der Waals surface area contributed by atoms with E-state index in [2.05, 4.69) is 18.7 Å². The maximum Gasteiger partial charge on any atom is 0.161 e. The van der Waals surface area contributed by atoms with Crippen LogP contribution in [0.5, 0.6) is 46.0 Å². The number of carbonyl (C=O) groups excluding carboxylic acids is 4. The number of benzene rings is 4. The molecule has 516 valence electrons. The molecule has 0 aliphatic carbocycles. The lowest BCUT2D eigenvalue weighted by atomic mass is 9.79. The number of fused-ring (bicyclic) bond motifs is 12. The highest BCUT2D eigenvalue weighted by Gasteiger charge is 2.43. The first-order valence-electron chi connectivity index (χ1n) is 57.8. The van der Waals surface area contributed by atoms with Gasteiger partial charge in [-0.3, -0.25) is 38.8 Å². The van der Waals surface area contributed by atoms with Crippen molar-refractivity contribution in [1.29, 1.82) is 0 Å². The average molecular weight is 1360 g/mol. The Morgan fingerprint density at radius 2 is 0.957 bits per heavy atom. The van der Waals surface area contributed by atoms with Gasteiger partial charge in [0.1, 0.15) is 23.1 Å². The molecule has 4 fully saturated rings. The standard InChI is InChI=1S/2C20H29NO3.2C19H27NO3/c2*1-5-13(2)8-15-12-21-7-6-14-9-19(23-3)20(24-4)10-16(14)17(21)11-18(15)22;2*1-12(2)7-14-11-20-6-5-13-8-18(22-3)19(23-4)9-15(13)16(20)10-17(14)21/h2*9-10,13,15,17H,5-8,11-12H2,1-4H3;2*8-9,12,14,16H,5-7,10-11H2,1-4H3/i2D3,3D3,5D2,6D2,7D2,8D2,11D2,12D2,13D,15D,17D;2D3,3D3,5D2,6D2,7D2,8D2,12D2,13D,17D;3D3,5D2,6D2,10D2,11D2,14D,16D;3D3,8D,9D. The number of hydrogen-bond acceptors (Lipinski definition) is 16. The van der Waals surface area contributed by atoms with Crippen molar-refractivity contribution >= 4 is 23.1 Å². The molecule has 16 nitrogen and oxygen atoms in total. The molecule has 4 saturated heterocycles. The van der Waals surface area contributed by atoms with Crippen LogP contribution in [0.1, 0.15) is 266 Å². The highest BCUT2D eigenvalue weighted by molar-refractivity contribution is 5.85. The molecule has 8 aliphatic heterocycles. The molecule has 0 radical (unpaired) electrons. The Hall–Kier alpha value is -6.20. The number of aryl methyl sites for hydroxylation is 3. The molecule has 0 spiro atoms. The van der Waals surface area contributed by atoms with E-state index in [1.165, 1.54) is 7.11 Å². The highest BCUT2D eigenvalue weighted by Crippen LogP contribution is 2.48. The predicted molar refractivity (Wildman–Crippen MR) is 370 cm³/mol. The van der Waals surface area contributed by atoms with E-state index in [0.29, 0.717) is 69.0 Å². The van der Waals surface area contributed by atoms with Gasteiger partial charge in [-0.05, 0) is 168 Å². The van der Waals surface area contributed by atoms with Crippen molar-refractivity contribution in [3.05, 3.63) is 93.0 Å². The second-order valence-electron chi connectivity index (χ2n) is 22.5. The molecule has 10 atom stereocenters. The monoisotopic (exact) mass is 1350 g/mol. The van der Waals surface area contributed by atoms with Gasteiger partial charge in [-0.2, -0.15) is 0 Å². The molecule has 0 N–H and O–H groups in total. The third kappa shape index (κ3) is 16.4. The van der Waals surface area contributed by atoms with Gasteiger partial charge in [0.05, 0.1) is 79.9 Å². The molecule has 4 aromatic rings. The second kappa shape index (κ2) is 32.7. The molecule has 8 heterocycles. The van der Waals surface area contributed by atoms with E-state index in [1.54, 1.807) is 13.8 Å². The van der Waals surface area contributed by atoms with Crippen molar-refractivity contribution in [2.24, 2.45) is 47.2 Å². The van der Waals surface area contributed by atoms with Crippen molar-refractivity contribution in [2.75, 3.05) is 109 Å². The summed E-state index contributed by atoms with van der Waals surface area (Å²) in [6, 6.07) is -5.75. The summed E-state index contributed by atoms with van der Waals surface area (Å²) in [5.41, 5.74) is -3.46. The van der Waals surface area contributed by atoms with Crippen molar-refractivity contribution in [1.82, 2.24) is 19.6 Å². The zero-order valence-corrected chi connectivity index (χ0v) is 53.0. The van der Waals surface area contributed by atoms with E-state index in [9.17, 15) is 21.9 Å². The molecule has 0 saturated carbocycles. The highest BCUT2D eigenvalue weighted by atomic mass is 16.5. The zero-order chi connectivity index (χ0) is 118. The second-order valence-corrected chi connectivity index (χ2v) is 22.5. The fraction of sp³-hybridized carbons (Fsp3) is 0.641. The lowest BCUT2D eigenvalue weighted by Crippen LogP contribution is -2.46. The Labute approximate surface area is 642 Å². The lowest BCUT2D eigenvalue weighted by molar-refractivity contribution is -0.130. The Kier molecular flexibility index (Phi) is 9.85. The van der Waals surface area contributed by atoms with Crippen molar-refractivity contribution in [3.8, 4) is 46.0 Å². The van der Waals surface area contributed by atoms with E-state index in [4.69, 9.17) is 113 Å².